The summed E-state index contributed by atoms with van der Waals surface area (Å²) in [6.07, 6.45) is 13.1. The first-order valence-electron chi connectivity index (χ1n) is 15.3. The molecule has 11 atom stereocenters. The maximum Gasteiger partial charge on any atom is 0.316 e. The number of carbonyl (C=O) groups is 1. The van der Waals surface area contributed by atoms with E-state index in [9.17, 15) is 20.1 Å². The van der Waals surface area contributed by atoms with Crippen LogP contribution in [0.2, 0.25) is 0 Å². The summed E-state index contributed by atoms with van der Waals surface area (Å²) >= 11 is 0. The molecule has 1 spiro atoms. The zero-order valence-corrected chi connectivity index (χ0v) is 25.7. The molecule has 3 aliphatic heterocycles. The molecule has 1 fully saturated rings. The molecule has 0 aromatic rings. The number of carbonyl (C=O) groups excluding carboxylic acids is 1. The highest BCUT2D eigenvalue weighted by atomic mass is 16.7. The summed E-state index contributed by atoms with van der Waals surface area (Å²) in [5, 5.41) is 33.5. The summed E-state index contributed by atoms with van der Waals surface area (Å²) in [6, 6.07) is 0. The largest absolute Gasteiger partial charge is 0.462 e. The third-order valence-corrected chi connectivity index (χ3v) is 9.74. The normalized spacial score (nSPS) is 46.3. The molecule has 0 radical (unpaired) electrons. The molecule has 3 heterocycles. The number of hydrogen-bond acceptors (Lipinski definition) is 7. The highest BCUT2D eigenvalue weighted by molar-refractivity contribution is 5.78. The third-order valence-electron chi connectivity index (χ3n) is 9.74. The number of esters is 1. The number of fused-ring (bicyclic) bond motifs is 3. The summed E-state index contributed by atoms with van der Waals surface area (Å²) in [4.78, 5) is 13.8. The Hall–Kier alpha value is -2.03. The molecule has 7 heteroatoms. The molecule has 4 aliphatic rings. The first-order valence-corrected chi connectivity index (χ1v) is 15.3. The van der Waals surface area contributed by atoms with E-state index in [4.69, 9.17) is 14.2 Å². The van der Waals surface area contributed by atoms with Crippen molar-refractivity contribution in [3.63, 3.8) is 0 Å². The highest BCUT2D eigenvalue weighted by Gasteiger charge is 2.50. The van der Waals surface area contributed by atoms with E-state index in [1.165, 1.54) is 0 Å². The number of aliphatic hydroxyl groups excluding tert-OH is 2. The second-order valence-electron chi connectivity index (χ2n) is 13.0. The fourth-order valence-corrected chi connectivity index (χ4v) is 6.62. The lowest BCUT2D eigenvalue weighted by Gasteiger charge is -2.48. The second kappa shape index (κ2) is 12.7. The van der Waals surface area contributed by atoms with Gasteiger partial charge in [-0.1, -0.05) is 70.6 Å². The number of allylic oxidation sites excluding steroid dienone is 2. The molecule has 0 aromatic heterocycles. The Labute approximate surface area is 245 Å². The zero-order chi connectivity index (χ0) is 30.1. The lowest BCUT2D eigenvalue weighted by molar-refractivity contribution is -0.300. The van der Waals surface area contributed by atoms with Crippen LogP contribution in [0.1, 0.15) is 80.6 Å². The average Bonchev–Trinajstić information content (AvgIpc) is 2.93. The molecule has 4 rings (SSSR count). The smallest absolute Gasteiger partial charge is 0.316 e. The van der Waals surface area contributed by atoms with Gasteiger partial charge in [0.1, 0.15) is 17.6 Å². The van der Waals surface area contributed by atoms with Gasteiger partial charge in [-0.2, -0.15) is 0 Å². The van der Waals surface area contributed by atoms with Gasteiger partial charge in [-0.3, -0.25) is 4.79 Å². The van der Waals surface area contributed by atoms with Gasteiger partial charge in [0.15, 0.2) is 5.79 Å². The minimum absolute atomic E-state index is 0.00797. The van der Waals surface area contributed by atoms with Crippen LogP contribution in [0.25, 0.3) is 0 Å². The monoisotopic (exact) mass is 570 g/mol. The molecule has 0 unspecified atom stereocenters. The van der Waals surface area contributed by atoms with Crippen LogP contribution in [-0.4, -0.2) is 63.2 Å². The van der Waals surface area contributed by atoms with Crippen LogP contribution in [0.15, 0.2) is 59.3 Å². The minimum Gasteiger partial charge on any atom is -0.462 e. The van der Waals surface area contributed by atoms with E-state index in [2.05, 4.69) is 26.8 Å². The van der Waals surface area contributed by atoms with Crippen molar-refractivity contribution in [1.82, 2.24) is 0 Å². The zero-order valence-electron chi connectivity index (χ0n) is 25.7. The first-order chi connectivity index (χ1) is 19.3. The van der Waals surface area contributed by atoms with Crippen LogP contribution < -0.4 is 0 Å². The summed E-state index contributed by atoms with van der Waals surface area (Å²) in [5.74, 6) is -2.15. The van der Waals surface area contributed by atoms with E-state index in [-0.39, 0.29) is 30.5 Å². The van der Waals surface area contributed by atoms with Crippen LogP contribution in [0.4, 0.5) is 0 Å². The summed E-state index contributed by atoms with van der Waals surface area (Å²) in [6.45, 7) is 13.9. The third kappa shape index (κ3) is 6.80. The van der Waals surface area contributed by atoms with Crippen molar-refractivity contribution in [2.75, 3.05) is 0 Å². The fraction of sp³-hybridized carbons (Fsp3) is 0.676. The van der Waals surface area contributed by atoms with Gasteiger partial charge < -0.3 is 29.5 Å². The molecule has 1 saturated heterocycles. The molecule has 1 aliphatic carbocycles. The van der Waals surface area contributed by atoms with Gasteiger partial charge in [0, 0.05) is 31.1 Å². The molecular formula is C34H50O7. The van der Waals surface area contributed by atoms with Gasteiger partial charge in [-0.25, -0.2) is 0 Å². The van der Waals surface area contributed by atoms with Crippen molar-refractivity contribution >= 4 is 5.97 Å². The summed E-state index contributed by atoms with van der Waals surface area (Å²) in [7, 11) is 0. The Morgan fingerprint density at radius 2 is 1.76 bits per heavy atom. The van der Waals surface area contributed by atoms with Gasteiger partial charge in [0.25, 0.3) is 0 Å². The van der Waals surface area contributed by atoms with Crippen LogP contribution in [-0.2, 0) is 19.0 Å². The predicted octanol–water partition coefficient (Wildman–Crippen LogP) is 5.32. The molecule has 0 aromatic carbocycles. The van der Waals surface area contributed by atoms with Crippen LogP contribution in [0.5, 0.6) is 0 Å². The topological polar surface area (TPSA) is 105 Å². The molecular weight excluding hydrogens is 520 g/mol. The van der Waals surface area contributed by atoms with E-state index in [1.807, 2.05) is 32.1 Å². The van der Waals surface area contributed by atoms with Gasteiger partial charge in [-0.15, -0.1) is 0 Å². The fourth-order valence-electron chi connectivity index (χ4n) is 6.62. The van der Waals surface area contributed by atoms with E-state index in [1.54, 1.807) is 32.1 Å². The molecule has 7 nitrogen and oxygen atoms in total. The van der Waals surface area contributed by atoms with E-state index in [0.717, 1.165) is 12.0 Å². The van der Waals surface area contributed by atoms with E-state index in [0.29, 0.717) is 36.3 Å². The van der Waals surface area contributed by atoms with E-state index < -0.39 is 41.6 Å². The molecule has 41 heavy (non-hydrogen) atoms. The highest BCUT2D eigenvalue weighted by Crippen LogP contribution is 2.43. The Balaban J connectivity index is 1.75. The maximum absolute atomic E-state index is 13.8. The molecule has 228 valence electrons. The second-order valence-corrected chi connectivity index (χ2v) is 13.0. The van der Waals surface area contributed by atoms with Crippen LogP contribution in [0.3, 0.4) is 0 Å². The van der Waals surface area contributed by atoms with Crippen LogP contribution in [0, 0.1) is 23.7 Å². The van der Waals surface area contributed by atoms with Gasteiger partial charge in [0.05, 0.1) is 24.4 Å². The lowest BCUT2D eigenvalue weighted by atomic mass is 9.71. The summed E-state index contributed by atoms with van der Waals surface area (Å²) < 4.78 is 19.5. The molecule has 3 N–H and O–H groups in total. The van der Waals surface area contributed by atoms with Crippen molar-refractivity contribution in [3.05, 3.63) is 59.3 Å². The number of hydrogen-bond donors (Lipinski definition) is 3. The Kier molecular flexibility index (Phi) is 9.87. The van der Waals surface area contributed by atoms with E-state index >= 15 is 0 Å². The maximum atomic E-state index is 13.8. The first kappa shape index (κ1) is 31.9. The van der Waals surface area contributed by atoms with Crippen molar-refractivity contribution in [1.29, 1.82) is 0 Å². The van der Waals surface area contributed by atoms with Gasteiger partial charge in [0.2, 0.25) is 0 Å². The van der Waals surface area contributed by atoms with Crippen molar-refractivity contribution in [2.45, 2.75) is 122 Å². The van der Waals surface area contributed by atoms with Gasteiger partial charge in [-0.05, 0) is 55.9 Å². The molecule has 0 saturated carbocycles. The van der Waals surface area contributed by atoms with Crippen LogP contribution >= 0.6 is 0 Å². The SMILES string of the molecule is CC[C@H](C)[C@H]1O[C@]2(C=C[C@@H]1C)C[C@@H]1C[C@@H](C/C=C(\C)[C@@H](O)[C@@H](C)/C=C\C=C(/C)[C@]3(O)C[C@H](O)C(C)=C[C@H]3C(=O)O1)O2. The average molecular weight is 571 g/mol. The molecule has 0 amide bonds. The Morgan fingerprint density at radius 3 is 2.46 bits per heavy atom. The van der Waals surface area contributed by atoms with Crippen molar-refractivity contribution in [2.24, 2.45) is 23.7 Å². The minimum atomic E-state index is -1.62. The van der Waals surface area contributed by atoms with Crippen molar-refractivity contribution < 1.29 is 34.3 Å². The Bertz CT molecular complexity index is 1120. The standard InChI is InChI=1S/C34H50O7/c1-8-20(2)31-23(5)14-15-33(41-31)18-27-17-26(40-33)13-12-22(4)30(36)21(3)10-9-11-25(7)34(38)19-29(35)24(6)16-28(34)32(37)39-27/h9-12,14-16,20-21,23,26-31,35-36,38H,8,13,17-19H2,1-7H3/b10-9-,22-12+,25-11+/t20-,21-,23-,26+,27-,28-,29-,30-,31+,33+,34+/m0/s1. The number of ether oxygens (including phenoxy) is 3. The lowest BCUT2D eigenvalue weighted by Crippen LogP contribution is -2.54. The number of rotatable bonds is 2. The quantitative estimate of drug-likeness (QED) is 0.305. The van der Waals surface area contributed by atoms with Gasteiger partial charge >= 0.3 is 5.97 Å². The Morgan fingerprint density at radius 1 is 1.02 bits per heavy atom. The molecule has 2 bridgehead atoms. The van der Waals surface area contributed by atoms with Crippen molar-refractivity contribution in [3.8, 4) is 0 Å². The number of aliphatic hydroxyl groups is 3. The summed E-state index contributed by atoms with van der Waals surface area (Å²) in [5.41, 5.74) is 0.407. The predicted molar refractivity (Wildman–Crippen MR) is 159 cm³/mol.